The number of piperidine rings is 1. The molecule has 1 aliphatic rings. The first-order valence-electron chi connectivity index (χ1n) is 9.26. The molecule has 7 nitrogen and oxygen atoms in total. The number of hydrogen-bond acceptors (Lipinski definition) is 5. The molecule has 0 saturated carbocycles. The minimum atomic E-state index is -0.353. The van der Waals surface area contributed by atoms with Gasteiger partial charge in [-0.05, 0) is 38.0 Å². The van der Waals surface area contributed by atoms with Gasteiger partial charge in [0.15, 0.2) is 0 Å². The Bertz CT molecular complexity index is 938. The molecule has 0 bridgehead atoms. The molecule has 1 saturated heterocycles. The maximum Gasteiger partial charge on any atom is 0.237 e. The molecule has 1 aromatic carbocycles. The number of benzene rings is 1. The van der Waals surface area contributed by atoms with Gasteiger partial charge >= 0.3 is 0 Å². The van der Waals surface area contributed by atoms with Crippen molar-refractivity contribution < 1.29 is 14.1 Å². The number of carbonyl (C=O) groups is 1. The van der Waals surface area contributed by atoms with Crippen molar-refractivity contribution in [2.45, 2.75) is 39.0 Å². The SMILES string of the molecule is Cc1cc(CN2CCC(Oc3cccc4c3ccn4CC(N)=O)CC2)no1. The quantitative estimate of drug-likeness (QED) is 0.722. The lowest BCUT2D eigenvalue weighted by Gasteiger charge is -2.31. The number of amides is 1. The van der Waals surface area contributed by atoms with Crippen LogP contribution >= 0.6 is 0 Å². The third kappa shape index (κ3) is 3.98. The molecule has 3 aromatic rings. The predicted octanol–water partition coefficient (Wildman–Crippen LogP) is 2.47. The van der Waals surface area contributed by atoms with Crippen molar-refractivity contribution in [3.63, 3.8) is 0 Å². The molecule has 1 amide bonds. The number of nitrogens with zero attached hydrogens (tertiary/aromatic N) is 3. The van der Waals surface area contributed by atoms with Crippen LogP contribution in [0.2, 0.25) is 0 Å². The summed E-state index contributed by atoms with van der Waals surface area (Å²) in [4.78, 5) is 13.6. The molecule has 2 N–H and O–H groups in total. The summed E-state index contributed by atoms with van der Waals surface area (Å²) < 4.78 is 13.3. The topological polar surface area (TPSA) is 86.5 Å². The highest BCUT2D eigenvalue weighted by Gasteiger charge is 2.22. The van der Waals surface area contributed by atoms with E-state index in [1.165, 1.54) is 0 Å². The zero-order valence-corrected chi connectivity index (χ0v) is 15.4. The summed E-state index contributed by atoms with van der Waals surface area (Å²) in [5.41, 5.74) is 7.27. The Hall–Kier alpha value is -2.80. The minimum absolute atomic E-state index is 0.173. The van der Waals surface area contributed by atoms with Gasteiger partial charge in [-0.25, -0.2) is 0 Å². The Kier molecular flexibility index (Phi) is 4.85. The normalized spacial score (nSPS) is 16.0. The molecular formula is C20H24N4O3. The van der Waals surface area contributed by atoms with Crippen molar-refractivity contribution in [3.8, 4) is 5.75 Å². The van der Waals surface area contributed by atoms with Crippen molar-refractivity contribution in [2.75, 3.05) is 13.1 Å². The number of rotatable bonds is 6. The van der Waals surface area contributed by atoms with Crippen LogP contribution in [0.3, 0.4) is 0 Å². The van der Waals surface area contributed by atoms with E-state index in [2.05, 4.69) is 10.1 Å². The fourth-order valence-electron chi connectivity index (χ4n) is 3.69. The lowest BCUT2D eigenvalue weighted by molar-refractivity contribution is -0.118. The zero-order valence-electron chi connectivity index (χ0n) is 15.4. The second kappa shape index (κ2) is 7.44. The second-order valence-corrected chi connectivity index (χ2v) is 7.12. The minimum Gasteiger partial charge on any atom is -0.490 e. The number of aromatic nitrogens is 2. The van der Waals surface area contributed by atoms with Gasteiger partial charge < -0.3 is 19.6 Å². The van der Waals surface area contributed by atoms with Crippen LogP contribution in [0.25, 0.3) is 10.9 Å². The third-order valence-corrected chi connectivity index (χ3v) is 4.99. The van der Waals surface area contributed by atoms with Gasteiger partial charge in [-0.1, -0.05) is 11.2 Å². The molecule has 27 heavy (non-hydrogen) atoms. The lowest BCUT2D eigenvalue weighted by atomic mass is 10.1. The summed E-state index contributed by atoms with van der Waals surface area (Å²) in [7, 11) is 0. The molecule has 142 valence electrons. The van der Waals surface area contributed by atoms with Crippen LogP contribution in [0.1, 0.15) is 24.3 Å². The largest absolute Gasteiger partial charge is 0.490 e. The Morgan fingerprint density at radius 1 is 1.33 bits per heavy atom. The molecule has 0 unspecified atom stereocenters. The summed E-state index contributed by atoms with van der Waals surface area (Å²) in [6.07, 6.45) is 4.00. The highest BCUT2D eigenvalue weighted by molar-refractivity contribution is 5.87. The summed E-state index contributed by atoms with van der Waals surface area (Å²) in [6, 6.07) is 9.89. The van der Waals surface area contributed by atoms with E-state index in [-0.39, 0.29) is 18.6 Å². The van der Waals surface area contributed by atoms with Crippen LogP contribution in [0, 0.1) is 6.92 Å². The molecule has 0 atom stereocenters. The first-order chi connectivity index (χ1) is 13.1. The standard InChI is InChI=1S/C20H24N4O3/c1-14-11-15(22-27-14)12-23-8-5-16(6-9-23)26-19-4-2-3-18-17(19)7-10-24(18)13-20(21)25/h2-4,7,10-11,16H,5-6,8-9,12-13H2,1H3,(H2,21,25). The Balaban J connectivity index is 1.39. The average Bonchev–Trinajstić information content (AvgIpc) is 3.23. The molecule has 0 radical (unpaired) electrons. The monoisotopic (exact) mass is 368 g/mol. The van der Waals surface area contributed by atoms with Crippen LogP contribution in [-0.4, -0.2) is 39.7 Å². The maximum atomic E-state index is 11.2. The van der Waals surface area contributed by atoms with Gasteiger partial charge in [0.05, 0.1) is 11.2 Å². The maximum absolute atomic E-state index is 11.2. The molecular weight excluding hydrogens is 344 g/mol. The molecule has 0 aliphatic carbocycles. The fourth-order valence-corrected chi connectivity index (χ4v) is 3.69. The Morgan fingerprint density at radius 3 is 2.85 bits per heavy atom. The first-order valence-corrected chi connectivity index (χ1v) is 9.26. The van der Waals surface area contributed by atoms with Gasteiger partial charge in [-0.2, -0.15) is 0 Å². The van der Waals surface area contributed by atoms with Crippen molar-refractivity contribution in [1.29, 1.82) is 0 Å². The van der Waals surface area contributed by atoms with Gasteiger partial charge in [0.2, 0.25) is 5.91 Å². The van der Waals surface area contributed by atoms with E-state index in [4.69, 9.17) is 15.0 Å². The second-order valence-electron chi connectivity index (χ2n) is 7.12. The number of hydrogen-bond donors (Lipinski definition) is 1. The van der Waals surface area contributed by atoms with E-state index < -0.39 is 0 Å². The van der Waals surface area contributed by atoms with E-state index in [9.17, 15) is 4.79 Å². The highest BCUT2D eigenvalue weighted by atomic mass is 16.5. The van der Waals surface area contributed by atoms with Gasteiger partial charge in [0, 0.05) is 37.3 Å². The molecule has 1 aliphatic heterocycles. The van der Waals surface area contributed by atoms with Crippen molar-refractivity contribution in [1.82, 2.24) is 14.6 Å². The number of carbonyl (C=O) groups excluding carboxylic acids is 1. The van der Waals surface area contributed by atoms with Crippen LogP contribution in [0.4, 0.5) is 0 Å². The Morgan fingerprint density at radius 2 is 2.15 bits per heavy atom. The number of aryl methyl sites for hydroxylation is 1. The number of nitrogens with two attached hydrogens (primary N) is 1. The molecule has 2 aromatic heterocycles. The molecule has 7 heteroatoms. The third-order valence-electron chi connectivity index (χ3n) is 4.99. The van der Waals surface area contributed by atoms with Gasteiger partial charge in [0.1, 0.15) is 24.2 Å². The Labute approximate surface area is 157 Å². The van der Waals surface area contributed by atoms with Gasteiger partial charge in [-0.15, -0.1) is 0 Å². The summed E-state index contributed by atoms with van der Waals surface area (Å²) in [5.74, 6) is 1.36. The first kappa shape index (κ1) is 17.6. The van der Waals surface area contributed by atoms with E-state index in [0.717, 1.165) is 60.6 Å². The highest BCUT2D eigenvalue weighted by Crippen LogP contribution is 2.29. The lowest BCUT2D eigenvalue weighted by Crippen LogP contribution is -2.37. The molecule has 3 heterocycles. The van der Waals surface area contributed by atoms with Gasteiger partial charge in [-0.3, -0.25) is 9.69 Å². The fraction of sp³-hybridized carbons (Fsp3) is 0.400. The van der Waals surface area contributed by atoms with Crippen molar-refractivity contribution in [2.24, 2.45) is 5.73 Å². The van der Waals surface area contributed by atoms with Crippen LogP contribution in [0.15, 0.2) is 41.1 Å². The van der Waals surface area contributed by atoms with Crippen molar-refractivity contribution >= 4 is 16.8 Å². The average molecular weight is 368 g/mol. The van der Waals surface area contributed by atoms with Crippen LogP contribution in [-0.2, 0) is 17.9 Å². The summed E-state index contributed by atoms with van der Waals surface area (Å²) >= 11 is 0. The summed E-state index contributed by atoms with van der Waals surface area (Å²) in [5, 5.41) is 5.08. The van der Waals surface area contributed by atoms with Crippen molar-refractivity contribution in [3.05, 3.63) is 48.0 Å². The van der Waals surface area contributed by atoms with E-state index in [0.29, 0.717) is 0 Å². The van der Waals surface area contributed by atoms with Crippen LogP contribution < -0.4 is 10.5 Å². The number of ether oxygens (including phenoxy) is 1. The number of fused-ring (bicyclic) bond motifs is 1. The molecule has 0 spiro atoms. The van der Waals surface area contributed by atoms with E-state index >= 15 is 0 Å². The summed E-state index contributed by atoms with van der Waals surface area (Å²) in [6.45, 7) is 4.83. The zero-order chi connectivity index (χ0) is 18.8. The van der Waals surface area contributed by atoms with Gasteiger partial charge in [0.25, 0.3) is 0 Å². The molecule has 4 rings (SSSR count). The smallest absolute Gasteiger partial charge is 0.237 e. The number of primary amides is 1. The van der Waals surface area contributed by atoms with E-state index in [1.54, 1.807) is 0 Å². The predicted molar refractivity (Wildman–Crippen MR) is 101 cm³/mol. The van der Waals surface area contributed by atoms with E-state index in [1.807, 2.05) is 48.0 Å². The van der Waals surface area contributed by atoms with Crippen LogP contribution in [0.5, 0.6) is 5.75 Å². The number of likely N-dealkylation sites (tertiary alicyclic amines) is 1. The molecule has 1 fully saturated rings.